The zero-order chi connectivity index (χ0) is 17.6. The first-order valence-electron chi connectivity index (χ1n) is 8.01. The molecule has 4 rings (SSSR count). The third kappa shape index (κ3) is 2.56. The van der Waals surface area contributed by atoms with E-state index in [4.69, 9.17) is 11.6 Å². The minimum Gasteiger partial charge on any atom is -0.319 e. The predicted octanol–water partition coefficient (Wildman–Crippen LogP) is 3.37. The van der Waals surface area contributed by atoms with Crippen molar-refractivity contribution in [2.75, 3.05) is 6.54 Å². The standard InChI is InChI=1S/C18H15ClN2O3S/c19-12-4-1-3-11(9-12)14(22)10-21-16(23)18(20-17(21)24)7-2-5-15-13(18)6-8-25-15/h1,3-4,6,8-9H,2,5,7,10H2,(H,20,24)/t18-/m0/s1. The lowest BCUT2D eigenvalue weighted by molar-refractivity contribution is -0.131. The normalized spacial score (nSPS) is 22.2. The maximum atomic E-state index is 13.1. The van der Waals surface area contributed by atoms with Crippen LogP contribution in [-0.4, -0.2) is 29.2 Å². The van der Waals surface area contributed by atoms with Crippen molar-refractivity contribution in [2.24, 2.45) is 0 Å². The average Bonchev–Trinajstić information content (AvgIpc) is 3.16. The van der Waals surface area contributed by atoms with Gasteiger partial charge in [0.25, 0.3) is 5.91 Å². The number of aryl methyl sites for hydroxylation is 1. The van der Waals surface area contributed by atoms with Crippen molar-refractivity contribution < 1.29 is 14.4 Å². The molecule has 7 heteroatoms. The van der Waals surface area contributed by atoms with E-state index in [1.165, 1.54) is 6.07 Å². The molecule has 1 atom stereocenters. The van der Waals surface area contributed by atoms with E-state index in [0.29, 0.717) is 17.0 Å². The number of nitrogens with one attached hydrogen (secondary N) is 1. The minimum atomic E-state index is -1.01. The Labute approximate surface area is 153 Å². The molecule has 1 saturated heterocycles. The number of urea groups is 1. The molecule has 2 aromatic rings. The molecule has 0 radical (unpaired) electrons. The second-order valence-corrected chi connectivity index (χ2v) is 7.71. The number of nitrogens with zero attached hydrogens (tertiary/aromatic N) is 1. The molecule has 1 aliphatic carbocycles. The Balaban J connectivity index is 1.62. The van der Waals surface area contributed by atoms with Crippen molar-refractivity contribution in [3.05, 3.63) is 56.7 Å². The SMILES string of the molecule is O=C(CN1C(=O)N[C@]2(CCCc3sccc32)C1=O)c1cccc(Cl)c1. The molecule has 0 unspecified atom stereocenters. The number of benzene rings is 1. The van der Waals surface area contributed by atoms with Crippen LogP contribution in [0.4, 0.5) is 4.79 Å². The first-order valence-corrected chi connectivity index (χ1v) is 9.27. The number of halogens is 1. The summed E-state index contributed by atoms with van der Waals surface area (Å²) in [4.78, 5) is 40.1. The molecular formula is C18H15ClN2O3S. The van der Waals surface area contributed by atoms with Crippen LogP contribution in [0.25, 0.3) is 0 Å². The highest BCUT2D eigenvalue weighted by molar-refractivity contribution is 7.10. The largest absolute Gasteiger partial charge is 0.325 e. The molecule has 2 heterocycles. The second-order valence-electron chi connectivity index (χ2n) is 6.27. The van der Waals surface area contributed by atoms with Crippen LogP contribution in [-0.2, 0) is 16.8 Å². The molecule has 1 fully saturated rings. The van der Waals surface area contributed by atoms with E-state index in [-0.39, 0.29) is 18.2 Å². The van der Waals surface area contributed by atoms with Gasteiger partial charge < -0.3 is 5.32 Å². The van der Waals surface area contributed by atoms with Crippen molar-refractivity contribution >= 4 is 40.7 Å². The maximum Gasteiger partial charge on any atom is 0.325 e. The minimum absolute atomic E-state index is 0.285. The third-order valence-electron chi connectivity index (χ3n) is 4.78. The Morgan fingerprint density at radius 2 is 2.16 bits per heavy atom. The molecule has 128 valence electrons. The fourth-order valence-corrected chi connectivity index (χ4v) is 4.77. The van der Waals surface area contributed by atoms with E-state index < -0.39 is 11.6 Å². The van der Waals surface area contributed by atoms with Crippen LogP contribution in [0.1, 0.15) is 33.6 Å². The van der Waals surface area contributed by atoms with E-state index in [1.807, 2.05) is 11.4 Å². The van der Waals surface area contributed by atoms with Gasteiger partial charge in [0, 0.05) is 21.0 Å². The zero-order valence-corrected chi connectivity index (χ0v) is 14.8. The third-order valence-corrected chi connectivity index (χ3v) is 6.00. The summed E-state index contributed by atoms with van der Waals surface area (Å²) in [6.45, 7) is -0.285. The van der Waals surface area contributed by atoms with Crippen LogP contribution in [0.5, 0.6) is 0 Å². The van der Waals surface area contributed by atoms with E-state index in [1.54, 1.807) is 29.5 Å². The van der Waals surface area contributed by atoms with Crippen LogP contribution in [0.3, 0.4) is 0 Å². The van der Waals surface area contributed by atoms with Crippen LogP contribution < -0.4 is 5.32 Å². The molecule has 1 aromatic carbocycles. The summed E-state index contributed by atoms with van der Waals surface area (Å²) in [5, 5.41) is 5.23. The molecule has 5 nitrogen and oxygen atoms in total. The predicted molar refractivity (Wildman–Crippen MR) is 95.0 cm³/mol. The fraction of sp³-hybridized carbons (Fsp3) is 0.278. The van der Waals surface area contributed by atoms with Gasteiger partial charge in [-0.3, -0.25) is 14.5 Å². The monoisotopic (exact) mass is 374 g/mol. The number of ketones is 1. The topological polar surface area (TPSA) is 66.5 Å². The molecule has 1 spiro atoms. The Bertz CT molecular complexity index is 894. The summed E-state index contributed by atoms with van der Waals surface area (Å²) in [7, 11) is 0. The molecular weight excluding hydrogens is 360 g/mol. The molecule has 25 heavy (non-hydrogen) atoms. The highest BCUT2D eigenvalue weighted by Crippen LogP contribution is 2.42. The highest BCUT2D eigenvalue weighted by Gasteiger charge is 2.54. The lowest BCUT2D eigenvalue weighted by Crippen LogP contribution is -2.46. The zero-order valence-electron chi connectivity index (χ0n) is 13.3. The van der Waals surface area contributed by atoms with Gasteiger partial charge in [-0.2, -0.15) is 0 Å². The molecule has 1 aliphatic heterocycles. The maximum absolute atomic E-state index is 13.1. The van der Waals surface area contributed by atoms with Crippen molar-refractivity contribution in [3.8, 4) is 0 Å². The van der Waals surface area contributed by atoms with Gasteiger partial charge in [0.15, 0.2) is 5.78 Å². The first-order chi connectivity index (χ1) is 12.0. The Morgan fingerprint density at radius 1 is 1.32 bits per heavy atom. The fourth-order valence-electron chi connectivity index (χ4n) is 3.58. The van der Waals surface area contributed by atoms with Gasteiger partial charge in [-0.1, -0.05) is 23.7 Å². The Hall–Kier alpha value is -2.18. The van der Waals surface area contributed by atoms with E-state index >= 15 is 0 Å². The van der Waals surface area contributed by atoms with Gasteiger partial charge in [-0.25, -0.2) is 4.79 Å². The van der Waals surface area contributed by atoms with E-state index in [9.17, 15) is 14.4 Å². The number of hydrogen-bond donors (Lipinski definition) is 1. The summed E-state index contributed by atoms with van der Waals surface area (Å²) in [5.41, 5.74) is 0.243. The summed E-state index contributed by atoms with van der Waals surface area (Å²) < 4.78 is 0. The van der Waals surface area contributed by atoms with Crippen LogP contribution in [0.2, 0.25) is 5.02 Å². The molecule has 3 amide bonds. The van der Waals surface area contributed by atoms with Gasteiger partial charge in [-0.15, -0.1) is 11.3 Å². The van der Waals surface area contributed by atoms with Gasteiger partial charge in [0.2, 0.25) is 0 Å². The Morgan fingerprint density at radius 3 is 2.96 bits per heavy atom. The summed E-state index contributed by atoms with van der Waals surface area (Å²) in [6, 6.07) is 7.89. The second kappa shape index (κ2) is 5.97. The number of thiophene rings is 1. The number of hydrogen-bond acceptors (Lipinski definition) is 4. The van der Waals surface area contributed by atoms with Crippen LogP contribution >= 0.6 is 22.9 Å². The number of carbonyl (C=O) groups excluding carboxylic acids is 3. The molecule has 0 saturated carbocycles. The van der Waals surface area contributed by atoms with Gasteiger partial charge in [-0.05, 0) is 42.8 Å². The van der Waals surface area contributed by atoms with Gasteiger partial charge in [0.05, 0.1) is 6.54 Å². The van der Waals surface area contributed by atoms with Crippen molar-refractivity contribution in [3.63, 3.8) is 0 Å². The number of fused-ring (bicyclic) bond motifs is 2. The van der Waals surface area contributed by atoms with Crippen LogP contribution in [0.15, 0.2) is 35.7 Å². The Kier molecular flexibility index (Phi) is 3.89. The molecule has 0 bridgehead atoms. The quantitative estimate of drug-likeness (QED) is 0.661. The van der Waals surface area contributed by atoms with Crippen molar-refractivity contribution in [1.29, 1.82) is 0 Å². The van der Waals surface area contributed by atoms with E-state index in [0.717, 1.165) is 28.2 Å². The van der Waals surface area contributed by atoms with Gasteiger partial charge >= 0.3 is 6.03 Å². The molecule has 1 N–H and O–H groups in total. The number of Topliss-reactive ketones (excluding diaryl/α,β-unsaturated/α-hetero) is 1. The lowest BCUT2D eigenvalue weighted by Gasteiger charge is -2.31. The summed E-state index contributed by atoms with van der Waals surface area (Å²) in [5.74, 6) is -0.656. The smallest absolute Gasteiger partial charge is 0.319 e. The average molecular weight is 375 g/mol. The summed E-state index contributed by atoms with van der Waals surface area (Å²) >= 11 is 7.51. The van der Waals surface area contributed by atoms with Crippen LogP contribution in [0, 0.1) is 0 Å². The molecule has 2 aliphatic rings. The molecule has 1 aromatic heterocycles. The van der Waals surface area contributed by atoms with Gasteiger partial charge in [0.1, 0.15) is 5.54 Å². The van der Waals surface area contributed by atoms with Crippen molar-refractivity contribution in [2.45, 2.75) is 24.8 Å². The number of carbonyl (C=O) groups is 3. The number of amides is 3. The van der Waals surface area contributed by atoms with E-state index in [2.05, 4.69) is 5.32 Å². The number of rotatable bonds is 3. The lowest BCUT2D eigenvalue weighted by atomic mass is 9.80. The summed E-state index contributed by atoms with van der Waals surface area (Å²) in [6.07, 6.45) is 2.30. The number of imide groups is 1. The highest BCUT2D eigenvalue weighted by atomic mass is 35.5. The van der Waals surface area contributed by atoms with Crippen molar-refractivity contribution in [1.82, 2.24) is 10.2 Å². The first kappa shape index (κ1) is 16.3.